The predicted octanol–water partition coefficient (Wildman–Crippen LogP) is 2.67. The second kappa shape index (κ2) is 5.55. The number of anilines is 1. The van der Waals surface area contributed by atoms with Crippen LogP contribution >= 0.6 is 0 Å². The number of nitrogens with one attached hydrogen (secondary N) is 1. The molecule has 124 valence electrons. The average molecular weight is 316 g/mol. The third-order valence-corrected chi connectivity index (χ3v) is 5.09. The van der Waals surface area contributed by atoms with Crippen molar-refractivity contribution in [1.29, 1.82) is 0 Å². The Morgan fingerprint density at radius 2 is 1.65 bits per heavy atom. The number of hydrogen-bond donors (Lipinski definition) is 1. The van der Waals surface area contributed by atoms with E-state index in [1.54, 1.807) is 19.0 Å². The van der Waals surface area contributed by atoms with Gasteiger partial charge in [-0.3, -0.25) is 9.59 Å². The zero-order valence-electron chi connectivity index (χ0n) is 14.0. The average Bonchev–Trinajstić information content (AvgIpc) is 3.40. The van der Waals surface area contributed by atoms with E-state index in [2.05, 4.69) is 5.32 Å². The van der Waals surface area contributed by atoms with E-state index in [1.165, 1.54) is 0 Å². The van der Waals surface area contributed by atoms with E-state index >= 15 is 0 Å². The number of nitrogens with zero attached hydrogens (tertiary/aromatic N) is 1. The number of hydrogen-bond acceptors (Lipinski definition) is 3. The number of amides is 2. The van der Waals surface area contributed by atoms with Crippen LogP contribution in [0.5, 0.6) is 5.75 Å². The van der Waals surface area contributed by atoms with Crippen LogP contribution in [0, 0.1) is 10.8 Å². The van der Waals surface area contributed by atoms with Gasteiger partial charge in [-0.05, 0) is 56.9 Å². The molecule has 0 aromatic heterocycles. The lowest BCUT2D eigenvalue weighted by Crippen LogP contribution is -2.42. The van der Waals surface area contributed by atoms with Gasteiger partial charge in [0.05, 0.1) is 17.4 Å². The van der Waals surface area contributed by atoms with Crippen LogP contribution in [0.25, 0.3) is 0 Å². The van der Waals surface area contributed by atoms with E-state index in [-0.39, 0.29) is 11.8 Å². The molecule has 0 unspecified atom stereocenters. The molecule has 1 aromatic rings. The van der Waals surface area contributed by atoms with Crippen LogP contribution in [0.3, 0.4) is 0 Å². The summed E-state index contributed by atoms with van der Waals surface area (Å²) < 4.78 is 5.40. The van der Waals surface area contributed by atoms with Crippen molar-refractivity contribution in [3.63, 3.8) is 0 Å². The second-order valence-electron chi connectivity index (χ2n) is 6.78. The zero-order valence-corrected chi connectivity index (χ0v) is 14.0. The predicted molar refractivity (Wildman–Crippen MR) is 88.3 cm³/mol. The smallest absolute Gasteiger partial charge is 0.231 e. The molecule has 1 N–H and O–H groups in total. The minimum absolute atomic E-state index is 0.0191. The monoisotopic (exact) mass is 316 g/mol. The quantitative estimate of drug-likeness (QED) is 0.878. The van der Waals surface area contributed by atoms with Gasteiger partial charge in [-0.15, -0.1) is 0 Å². The molecule has 0 aliphatic heterocycles. The first-order valence-electron chi connectivity index (χ1n) is 8.21. The lowest BCUT2D eigenvalue weighted by molar-refractivity contribution is -0.141. The van der Waals surface area contributed by atoms with Gasteiger partial charge in [-0.25, -0.2) is 0 Å². The summed E-state index contributed by atoms with van der Waals surface area (Å²) >= 11 is 0. The summed E-state index contributed by atoms with van der Waals surface area (Å²) in [6, 6.07) is 7.37. The molecule has 2 fully saturated rings. The third-order valence-electron chi connectivity index (χ3n) is 5.09. The Balaban J connectivity index is 1.72. The Morgan fingerprint density at radius 1 is 1.09 bits per heavy atom. The molecule has 2 amide bonds. The Morgan fingerprint density at radius 3 is 2.09 bits per heavy atom. The maximum atomic E-state index is 12.8. The fourth-order valence-corrected chi connectivity index (χ4v) is 3.55. The molecule has 0 atom stereocenters. The van der Waals surface area contributed by atoms with Crippen LogP contribution in [-0.2, 0) is 9.59 Å². The molecule has 0 spiro atoms. The number of carbonyl (C=O) groups is 2. The second-order valence-corrected chi connectivity index (χ2v) is 6.78. The molecular formula is C18H24N2O3. The van der Waals surface area contributed by atoms with Crippen LogP contribution in [0.4, 0.5) is 5.69 Å². The number of benzene rings is 1. The third kappa shape index (κ3) is 2.58. The number of ether oxygens (including phenoxy) is 1. The first kappa shape index (κ1) is 15.8. The van der Waals surface area contributed by atoms with Crippen LogP contribution in [0.2, 0.25) is 0 Å². The van der Waals surface area contributed by atoms with Gasteiger partial charge in [-0.2, -0.15) is 0 Å². The Hall–Kier alpha value is -2.04. The molecule has 0 bridgehead atoms. The largest absolute Gasteiger partial charge is 0.494 e. The summed E-state index contributed by atoms with van der Waals surface area (Å²) in [6.45, 7) is 2.55. The topological polar surface area (TPSA) is 58.6 Å². The fourth-order valence-electron chi connectivity index (χ4n) is 3.55. The van der Waals surface area contributed by atoms with Gasteiger partial charge >= 0.3 is 0 Å². The first-order valence-corrected chi connectivity index (χ1v) is 8.21. The molecule has 5 nitrogen and oxygen atoms in total. The van der Waals surface area contributed by atoms with E-state index in [0.29, 0.717) is 6.61 Å². The fraction of sp³-hybridized carbons (Fsp3) is 0.556. The molecule has 5 heteroatoms. The summed E-state index contributed by atoms with van der Waals surface area (Å²) in [6.07, 6.45) is 3.24. The maximum Gasteiger partial charge on any atom is 0.231 e. The van der Waals surface area contributed by atoms with E-state index in [0.717, 1.165) is 37.1 Å². The highest BCUT2D eigenvalue weighted by atomic mass is 16.5. The highest BCUT2D eigenvalue weighted by molar-refractivity contribution is 6.03. The van der Waals surface area contributed by atoms with Crippen molar-refractivity contribution in [3.8, 4) is 5.75 Å². The van der Waals surface area contributed by atoms with E-state index in [4.69, 9.17) is 4.74 Å². The van der Waals surface area contributed by atoms with Crippen LogP contribution in [-0.4, -0.2) is 37.4 Å². The van der Waals surface area contributed by atoms with Crippen molar-refractivity contribution in [2.75, 3.05) is 26.0 Å². The maximum absolute atomic E-state index is 12.8. The number of carbonyl (C=O) groups excluding carboxylic acids is 2. The highest BCUT2D eigenvalue weighted by Gasteiger charge is 2.73. The molecule has 2 aliphatic carbocycles. The standard InChI is InChI=1S/C18H24N2O3/c1-4-23-14-7-5-13(6-8-14)19-15(21)17(9-10-17)18(11-12-18)16(22)20(2)3/h5-8H,4,9-12H2,1-3H3,(H,19,21). The summed E-state index contributed by atoms with van der Waals surface area (Å²) in [4.78, 5) is 26.9. The van der Waals surface area contributed by atoms with Crippen molar-refractivity contribution < 1.29 is 14.3 Å². The molecule has 1 aromatic carbocycles. The SMILES string of the molecule is CCOc1ccc(NC(=O)C2(C3(C(=O)N(C)C)CC3)CC2)cc1. The summed E-state index contributed by atoms with van der Waals surface area (Å²) in [5.41, 5.74) is -0.225. The van der Waals surface area contributed by atoms with Crippen molar-refractivity contribution >= 4 is 17.5 Å². The molecule has 2 aliphatic rings. The van der Waals surface area contributed by atoms with Gasteiger partial charge in [0.15, 0.2) is 0 Å². The normalized spacial score (nSPS) is 19.6. The molecule has 2 saturated carbocycles. The number of rotatable bonds is 6. The highest BCUT2D eigenvalue weighted by Crippen LogP contribution is 2.71. The Kier molecular flexibility index (Phi) is 3.82. The summed E-state index contributed by atoms with van der Waals surface area (Å²) in [5.74, 6) is 0.860. The summed E-state index contributed by atoms with van der Waals surface area (Å²) in [5, 5.41) is 2.99. The van der Waals surface area contributed by atoms with Gasteiger partial charge < -0.3 is 15.0 Å². The molecular weight excluding hydrogens is 292 g/mol. The first-order chi connectivity index (χ1) is 10.9. The molecule has 3 rings (SSSR count). The van der Waals surface area contributed by atoms with Gasteiger partial charge in [0, 0.05) is 19.8 Å². The minimum Gasteiger partial charge on any atom is -0.494 e. The van der Waals surface area contributed by atoms with E-state index < -0.39 is 10.8 Å². The van der Waals surface area contributed by atoms with Gasteiger partial charge in [0.2, 0.25) is 11.8 Å². The van der Waals surface area contributed by atoms with E-state index in [9.17, 15) is 9.59 Å². The lowest BCUT2D eigenvalue weighted by atomic mass is 9.83. The lowest BCUT2D eigenvalue weighted by Gasteiger charge is -2.27. The van der Waals surface area contributed by atoms with E-state index in [1.807, 2.05) is 31.2 Å². The minimum atomic E-state index is -0.507. The van der Waals surface area contributed by atoms with Gasteiger partial charge in [0.1, 0.15) is 5.75 Å². The molecule has 23 heavy (non-hydrogen) atoms. The zero-order chi connectivity index (χ0) is 16.7. The van der Waals surface area contributed by atoms with Gasteiger partial charge in [-0.1, -0.05) is 0 Å². The molecule has 0 radical (unpaired) electrons. The summed E-state index contributed by atoms with van der Waals surface area (Å²) in [7, 11) is 3.53. The van der Waals surface area contributed by atoms with Crippen molar-refractivity contribution in [2.45, 2.75) is 32.6 Å². The van der Waals surface area contributed by atoms with Crippen LogP contribution < -0.4 is 10.1 Å². The van der Waals surface area contributed by atoms with Crippen molar-refractivity contribution in [2.24, 2.45) is 10.8 Å². The Labute approximate surface area is 137 Å². The molecule has 0 saturated heterocycles. The van der Waals surface area contributed by atoms with Gasteiger partial charge in [0.25, 0.3) is 0 Å². The Bertz CT molecular complexity index is 614. The van der Waals surface area contributed by atoms with Crippen LogP contribution in [0.1, 0.15) is 32.6 Å². The van der Waals surface area contributed by atoms with Crippen molar-refractivity contribution in [1.82, 2.24) is 4.90 Å². The molecule has 0 heterocycles. The van der Waals surface area contributed by atoms with Crippen molar-refractivity contribution in [3.05, 3.63) is 24.3 Å². The van der Waals surface area contributed by atoms with Crippen LogP contribution in [0.15, 0.2) is 24.3 Å².